The van der Waals surface area contributed by atoms with Crippen molar-refractivity contribution >= 4 is 77.3 Å². The van der Waals surface area contributed by atoms with Crippen molar-refractivity contribution in [1.29, 1.82) is 0 Å². The van der Waals surface area contributed by atoms with Crippen LogP contribution in [0.3, 0.4) is 0 Å². The monoisotopic (exact) mass is 1130 g/mol. The number of carbonyl (C=O) groups excluding carboxylic acids is 11. The molecule has 1 fully saturated rings. The van der Waals surface area contributed by atoms with Crippen LogP contribution in [0, 0.1) is 5.92 Å². The summed E-state index contributed by atoms with van der Waals surface area (Å²) in [6, 6.07) is -3.92. The second-order valence-corrected chi connectivity index (χ2v) is 21.9. The highest BCUT2D eigenvalue weighted by atomic mass is 16.7. The fourth-order valence-electron chi connectivity index (χ4n) is 6.72. The number of aliphatic hydroxyl groups is 1. The third kappa shape index (κ3) is 28.1. The number of aromatic nitrogens is 2. The minimum atomic E-state index is -1.72. The number of aliphatic hydroxyl groups excluding tert-OH is 1. The van der Waals surface area contributed by atoms with E-state index >= 15 is 0 Å². The van der Waals surface area contributed by atoms with Gasteiger partial charge in [0.2, 0.25) is 17.7 Å². The number of unbranched alkanes of at least 4 members (excludes halogenated alkanes) is 1. The number of carbonyl (C=O) groups is 13. The van der Waals surface area contributed by atoms with Gasteiger partial charge in [0.15, 0.2) is 5.78 Å². The maximum atomic E-state index is 13.3. The summed E-state index contributed by atoms with van der Waals surface area (Å²) in [7, 11) is 0. The zero-order valence-corrected chi connectivity index (χ0v) is 46.9. The molecule has 5 atom stereocenters. The zero-order chi connectivity index (χ0) is 60.8. The van der Waals surface area contributed by atoms with Gasteiger partial charge in [-0.1, -0.05) is 6.42 Å². The number of aliphatic carboxylic acids is 2. The van der Waals surface area contributed by atoms with Gasteiger partial charge in [0.25, 0.3) is 11.8 Å². The lowest BCUT2D eigenvalue weighted by molar-refractivity contribution is -0.201. The van der Waals surface area contributed by atoms with Crippen molar-refractivity contribution < 1.29 is 96.7 Å². The predicted molar refractivity (Wildman–Crippen MR) is 275 cm³/mol. The van der Waals surface area contributed by atoms with Gasteiger partial charge in [0.05, 0.1) is 30.8 Å². The molecule has 444 valence electrons. The fraction of sp³-hybridized carbons (Fsp3) is 0.680. The second-order valence-electron chi connectivity index (χ2n) is 21.9. The Morgan fingerprint density at radius 1 is 0.709 bits per heavy atom. The van der Waals surface area contributed by atoms with Crippen LogP contribution in [0.15, 0.2) is 12.5 Å². The number of carboxylic acid groups (broad SMARTS) is 2. The number of nitrogens with zero attached hydrogens (tertiary/aromatic N) is 3. The second kappa shape index (κ2) is 31.1. The maximum Gasteiger partial charge on any atom is 0.420 e. The quantitative estimate of drug-likeness (QED) is 0.0342. The zero-order valence-electron chi connectivity index (χ0n) is 46.9. The molecule has 1 aromatic rings. The van der Waals surface area contributed by atoms with Crippen LogP contribution in [0.2, 0.25) is 0 Å². The van der Waals surface area contributed by atoms with Crippen LogP contribution >= 0.6 is 0 Å². The summed E-state index contributed by atoms with van der Waals surface area (Å²) in [5.74, 6) is -9.19. The molecule has 1 aromatic heterocycles. The molecule has 0 aliphatic carbocycles. The number of ketones is 2. The first kappa shape index (κ1) is 69.5. The number of rotatable bonds is 27. The summed E-state index contributed by atoms with van der Waals surface area (Å²) in [6.07, 6.45) is -2.05. The van der Waals surface area contributed by atoms with Gasteiger partial charge in [0, 0.05) is 57.2 Å². The first-order valence-corrected chi connectivity index (χ1v) is 25.3. The summed E-state index contributed by atoms with van der Waals surface area (Å²) in [6.45, 7) is 18.6. The first-order valence-electron chi connectivity index (χ1n) is 25.3. The molecule has 1 saturated heterocycles. The van der Waals surface area contributed by atoms with Crippen LogP contribution in [0.1, 0.15) is 153 Å². The molecule has 2 rings (SSSR count). The van der Waals surface area contributed by atoms with E-state index in [9.17, 15) is 67.4 Å². The molecular formula is C50H79N9O20. The molecule has 0 spiro atoms. The van der Waals surface area contributed by atoms with Crippen LogP contribution in [0.5, 0.6) is 0 Å². The Bertz CT molecular complexity index is 2350. The highest BCUT2D eigenvalue weighted by Gasteiger charge is 2.41. The Labute approximate surface area is 457 Å². The van der Waals surface area contributed by atoms with E-state index in [1.807, 2.05) is 0 Å². The lowest BCUT2D eigenvalue weighted by atomic mass is 9.87. The molecule has 10 N–H and O–H groups in total. The number of hydrogen-bond acceptors (Lipinski definition) is 20. The van der Waals surface area contributed by atoms with Gasteiger partial charge in [-0.3, -0.25) is 43.2 Å². The SMILES string of the molecule is CC(C)(C)OC(=O)N[C@@H](Cc1cncn1C(=O)OC(C)(C)C)C(=O)NC(C)(C)C(=O)ON1C(=O)CCC1=O.C[C@@H](O)[C@H](NC(=O)CNC(=O)[C@@H](N)CCC(=O)O)C(=O)C[C@@H](CCCCNC(=O)OC(C)(C)C)C(=O)CCC(=O)O. The molecule has 1 aliphatic heterocycles. The number of hydrogen-bond donors (Lipinski definition) is 9. The number of nitrogens with one attached hydrogen (secondary N) is 5. The van der Waals surface area contributed by atoms with Crippen molar-refractivity contribution in [2.75, 3.05) is 13.1 Å². The smallest absolute Gasteiger partial charge is 0.420 e. The van der Waals surface area contributed by atoms with E-state index in [0.29, 0.717) is 17.9 Å². The summed E-state index contributed by atoms with van der Waals surface area (Å²) in [5.41, 5.74) is 1.74. The Hall–Kier alpha value is -7.56. The third-order valence-corrected chi connectivity index (χ3v) is 10.6. The van der Waals surface area contributed by atoms with Crippen LogP contribution in [0.4, 0.5) is 14.4 Å². The Morgan fingerprint density at radius 3 is 1.80 bits per heavy atom. The lowest BCUT2D eigenvalue weighted by Gasteiger charge is -2.29. The number of imide groups is 1. The summed E-state index contributed by atoms with van der Waals surface area (Å²) in [5, 5.41) is 40.1. The molecular weight excluding hydrogens is 1050 g/mol. The topological polar surface area (TPSA) is 427 Å². The van der Waals surface area contributed by atoms with Crippen molar-refractivity contribution in [3.8, 4) is 0 Å². The fourth-order valence-corrected chi connectivity index (χ4v) is 6.72. The number of amides is 7. The Morgan fingerprint density at radius 2 is 1.27 bits per heavy atom. The van der Waals surface area contributed by atoms with Crippen LogP contribution < -0.4 is 32.3 Å². The van der Waals surface area contributed by atoms with E-state index in [2.05, 4.69) is 31.6 Å². The van der Waals surface area contributed by atoms with E-state index in [0.717, 1.165) is 4.57 Å². The van der Waals surface area contributed by atoms with E-state index in [1.165, 1.54) is 33.3 Å². The summed E-state index contributed by atoms with van der Waals surface area (Å²) >= 11 is 0. The van der Waals surface area contributed by atoms with Crippen LogP contribution in [0.25, 0.3) is 0 Å². The third-order valence-electron chi connectivity index (χ3n) is 10.6. The number of hydroxylamine groups is 2. The number of Topliss-reactive ketones (excluding diaryl/α,β-unsaturated/α-hetero) is 2. The van der Waals surface area contributed by atoms with Crippen molar-refractivity contribution in [2.24, 2.45) is 11.7 Å². The average Bonchev–Trinajstić information content (AvgIpc) is 3.90. The van der Waals surface area contributed by atoms with E-state index in [4.69, 9.17) is 35.0 Å². The van der Waals surface area contributed by atoms with Crippen molar-refractivity contribution in [1.82, 2.24) is 41.2 Å². The molecule has 0 unspecified atom stereocenters. The van der Waals surface area contributed by atoms with Gasteiger partial charge in [-0.2, -0.15) is 0 Å². The van der Waals surface area contributed by atoms with E-state index in [1.54, 1.807) is 62.3 Å². The normalized spacial score (nSPS) is 14.6. The van der Waals surface area contributed by atoms with Gasteiger partial charge in [0.1, 0.15) is 46.5 Å². The highest BCUT2D eigenvalue weighted by Crippen LogP contribution is 2.21. The van der Waals surface area contributed by atoms with Crippen LogP contribution in [-0.4, -0.2) is 167 Å². The van der Waals surface area contributed by atoms with E-state index < -0.39 is 143 Å². The Balaban J connectivity index is 0.000000792. The van der Waals surface area contributed by atoms with Gasteiger partial charge in [-0.05, 0) is 102 Å². The van der Waals surface area contributed by atoms with Crippen molar-refractivity contribution in [2.45, 2.75) is 200 Å². The average molecular weight is 1130 g/mol. The molecule has 1 aliphatic rings. The molecule has 29 heteroatoms. The highest BCUT2D eigenvalue weighted by molar-refractivity contribution is 6.02. The van der Waals surface area contributed by atoms with Gasteiger partial charge in [-0.15, -0.1) is 5.06 Å². The molecule has 0 radical (unpaired) electrons. The van der Waals surface area contributed by atoms with Crippen molar-refractivity contribution in [3.63, 3.8) is 0 Å². The predicted octanol–water partition coefficient (Wildman–Crippen LogP) is 1.47. The molecule has 79 heavy (non-hydrogen) atoms. The number of nitrogens with two attached hydrogens (primary N) is 1. The molecule has 2 heterocycles. The molecule has 29 nitrogen and oxygen atoms in total. The summed E-state index contributed by atoms with van der Waals surface area (Å²) < 4.78 is 16.8. The molecule has 0 aromatic carbocycles. The largest absolute Gasteiger partial charge is 0.481 e. The first-order chi connectivity index (χ1) is 36.2. The number of imidazole rings is 1. The number of carboxylic acids is 2. The van der Waals surface area contributed by atoms with Crippen LogP contribution in [-0.2, 0) is 73.4 Å². The minimum absolute atomic E-state index is 0.0912. The number of ether oxygens (including phenoxy) is 3. The molecule has 7 amide bonds. The lowest BCUT2D eigenvalue weighted by Crippen LogP contribution is -2.58. The van der Waals surface area contributed by atoms with Gasteiger partial charge in [-0.25, -0.2) is 28.7 Å². The maximum absolute atomic E-state index is 13.3. The molecule has 0 bridgehead atoms. The number of alkyl carbamates (subject to hydrolysis) is 2. The molecule has 0 saturated carbocycles. The van der Waals surface area contributed by atoms with Gasteiger partial charge < -0.3 is 66.7 Å². The Kier molecular flexibility index (Phi) is 27.4. The minimum Gasteiger partial charge on any atom is -0.481 e. The van der Waals surface area contributed by atoms with Crippen molar-refractivity contribution in [3.05, 3.63) is 18.2 Å². The summed E-state index contributed by atoms with van der Waals surface area (Å²) in [4.78, 5) is 167. The van der Waals surface area contributed by atoms with Gasteiger partial charge >= 0.3 is 36.2 Å². The standard InChI is InChI=1S/C26H44N4O11.C24H35N5O9/c1-15(31)23(30-20(34)14-29-24(39)17(27)8-10-21(35)36)19(33)13-16(18(32)9-11-22(37)38)7-5-6-12-28-25(40)41-26(2,3)4;1-22(2,3)36-20(34)26-15(11-14-12-25-13-28(14)21(35)37-23(4,5)6)18(32)27-24(7,8)19(33)38-29-16(30)9-10-17(29)31/h15-17,23,31H,5-14,27H2,1-4H3,(H,28,40)(H,29,39)(H,30,34)(H,35,36)(H,37,38);12-13,15H,9-11H2,1-8H3,(H,26,34)(H,27,32)/t15-,16-,17+,23+;15-/m10/s1. The van der Waals surface area contributed by atoms with E-state index in [-0.39, 0.29) is 63.6 Å².